The summed E-state index contributed by atoms with van der Waals surface area (Å²) in [5.41, 5.74) is 1.22. The van der Waals surface area contributed by atoms with Crippen molar-refractivity contribution in [2.24, 2.45) is 29.6 Å². The number of cyclic esters (lactones) is 1. The van der Waals surface area contributed by atoms with Crippen molar-refractivity contribution in [3.05, 3.63) is 23.8 Å². The summed E-state index contributed by atoms with van der Waals surface area (Å²) in [6.45, 7) is 10.4. The van der Waals surface area contributed by atoms with Crippen molar-refractivity contribution < 1.29 is 57.1 Å². The molecule has 0 spiro atoms. The number of hydrogen-bond donors (Lipinski definition) is 0. The summed E-state index contributed by atoms with van der Waals surface area (Å²) in [4.78, 5) is 49.6. The van der Waals surface area contributed by atoms with Crippen molar-refractivity contribution >= 4 is 45.7 Å². The molecule has 2 saturated heterocycles. The van der Waals surface area contributed by atoms with Crippen molar-refractivity contribution in [2.75, 3.05) is 58.6 Å². The van der Waals surface area contributed by atoms with Crippen LogP contribution in [0, 0.1) is 29.6 Å². The normalized spacial score (nSPS) is 28.1. The van der Waals surface area contributed by atoms with Crippen LogP contribution in [0.1, 0.15) is 98.3 Å². The topological polar surface area (TPSA) is 142 Å². The Hall–Kier alpha value is -2.26. The van der Waals surface area contributed by atoms with E-state index < -0.39 is 18.2 Å². The predicted octanol–water partition coefficient (Wildman–Crippen LogP) is 7.66. The molecule has 0 aromatic heterocycles. The van der Waals surface area contributed by atoms with Crippen molar-refractivity contribution in [1.82, 2.24) is 0 Å². The van der Waals surface area contributed by atoms with Crippen molar-refractivity contribution in [2.45, 2.75) is 122 Å². The fraction of sp³-hybridized carbons (Fsp3) is 0.805. The molecule has 2 fully saturated rings. The fourth-order valence-corrected chi connectivity index (χ4v) is 10.6. The lowest BCUT2D eigenvalue weighted by molar-refractivity contribution is -0.163. The Morgan fingerprint density at radius 1 is 0.891 bits per heavy atom. The molecule has 0 aromatic rings. The van der Waals surface area contributed by atoms with Gasteiger partial charge in [0.15, 0.2) is 0 Å². The minimum absolute atomic E-state index is 0.00568. The van der Waals surface area contributed by atoms with Gasteiger partial charge in [0.1, 0.15) is 31.5 Å². The van der Waals surface area contributed by atoms with Gasteiger partial charge in [-0.15, -0.1) is 0 Å². The molecule has 0 aromatic carbocycles. The van der Waals surface area contributed by atoms with Crippen LogP contribution in [0.25, 0.3) is 0 Å². The van der Waals surface area contributed by atoms with Crippen LogP contribution >= 0.6 is 21.6 Å². The molecular formula is C41H64O12S2. The molecule has 0 N–H and O–H groups in total. The Morgan fingerprint density at radius 3 is 2.29 bits per heavy atom. The SMILES string of the molecule is CCC(C)C(=O)OC1CC(C)C=C2C=CC(C)C(CCC3CC(OC(=O)OCCOCCOCCOCCOC(=O)CCCCC4CCSS4)CC(=O)O3)C21. The number of fused-ring (bicyclic) bond motifs is 1. The van der Waals surface area contributed by atoms with Gasteiger partial charge in [-0.25, -0.2) is 4.79 Å². The zero-order valence-electron chi connectivity index (χ0n) is 33.3. The van der Waals surface area contributed by atoms with Gasteiger partial charge in [0, 0.05) is 29.8 Å². The fourth-order valence-electron chi connectivity index (χ4n) is 7.53. The minimum Gasteiger partial charge on any atom is -0.463 e. The quantitative estimate of drug-likeness (QED) is 0.0407. The highest BCUT2D eigenvalue weighted by Gasteiger charge is 2.42. The van der Waals surface area contributed by atoms with Gasteiger partial charge in [0.25, 0.3) is 0 Å². The lowest BCUT2D eigenvalue weighted by Crippen LogP contribution is -2.42. The second-order valence-electron chi connectivity index (χ2n) is 15.2. The molecular weight excluding hydrogens is 749 g/mol. The first kappa shape index (κ1) is 45.4. The molecule has 4 rings (SSSR count). The van der Waals surface area contributed by atoms with Crippen LogP contribution in [0.2, 0.25) is 0 Å². The van der Waals surface area contributed by atoms with E-state index in [1.165, 1.54) is 24.2 Å². The van der Waals surface area contributed by atoms with E-state index in [9.17, 15) is 19.2 Å². The van der Waals surface area contributed by atoms with E-state index in [0.717, 1.165) is 37.4 Å². The third kappa shape index (κ3) is 16.6. The summed E-state index contributed by atoms with van der Waals surface area (Å²) in [5, 5.41) is 0.741. The average Bonchev–Trinajstić information content (AvgIpc) is 3.68. The third-order valence-corrected chi connectivity index (χ3v) is 13.8. The standard InChI is InChI=1S/C41H64O12S2/c1-5-29(3)40(44)53-36-25-28(2)24-31-11-10-30(4)35(39(31)36)13-12-32-26-33(27-38(43)51-32)52-41(45)50-22-20-48-18-16-46-15-17-47-19-21-49-37(42)9-7-6-8-34-14-23-54-55-34/h10-11,24,28-30,32-36,39H,5-9,12-23,25-27H2,1-4H3. The molecule has 55 heavy (non-hydrogen) atoms. The first-order chi connectivity index (χ1) is 26.6. The minimum atomic E-state index is -0.845. The zero-order chi connectivity index (χ0) is 39.4. The number of esters is 3. The molecule has 4 aliphatic rings. The Balaban J connectivity index is 1.02. The van der Waals surface area contributed by atoms with Gasteiger partial charge in [0.2, 0.25) is 0 Å². The van der Waals surface area contributed by atoms with Gasteiger partial charge < -0.3 is 37.9 Å². The second-order valence-corrected chi connectivity index (χ2v) is 18.0. The van der Waals surface area contributed by atoms with E-state index in [2.05, 4.69) is 32.1 Å². The van der Waals surface area contributed by atoms with E-state index >= 15 is 0 Å². The highest BCUT2D eigenvalue weighted by molar-refractivity contribution is 8.77. The Kier molecular flexibility index (Phi) is 20.8. The van der Waals surface area contributed by atoms with Gasteiger partial charge in [0.05, 0.1) is 52.0 Å². The molecule has 0 saturated carbocycles. The molecule has 2 heterocycles. The third-order valence-electron chi connectivity index (χ3n) is 10.7. The molecule has 0 bridgehead atoms. The molecule has 2 aliphatic carbocycles. The van der Waals surface area contributed by atoms with Crippen LogP contribution in [0.5, 0.6) is 0 Å². The summed E-state index contributed by atoms with van der Waals surface area (Å²) in [6, 6.07) is 0. The zero-order valence-corrected chi connectivity index (χ0v) is 34.9. The number of ether oxygens (including phenoxy) is 8. The molecule has 0 radical (unpaired) electrons. The first-order valence-corrected chi connectivity index (χ1v) is 22.8. The van der Waals surface area contributed by atoms with Gasteiger partial charge in [-0.2, -0.15) is 0 Å². The number of carbonyl (C=O) groups is 4. The summed E-state index contributed by atoms with van der Waals surface area (Å²) < 4.78 is 44.1. The maximum absolute atomic E-state index is 12.8. The van der Waals surface area contributed by atoms with Crippen LogP contribution in [-0.4, -0.2) is 106 Å². The second kappa shape index (κ2) is 25.2. The number of carbonyl (C=O) groups excluding carboxylic acids is 4. The van der Waals surface area contributed by atoms with Gasteiger partial charge in [-0.1, -0.05) is 73.9 Å². The first-order valence-electron chi connectivity index (χ1n) is 20.4. The van der Waals surface area contributed by atoms with Crippen LogP contribution < -0.4 is 0 Å². The van der Waals surface area contributed by atoms with Gasteiger partial charge in [-0.3, -0.25) is 14.4 Å². The molecule has 2 aliphatic heterocycles. The number of allylic oxidation sites excluding steroid dienone is 3. The Bertz CT molecular complexity index is 1250. The molecule has 9 atom stereocenters. The largest absolute Gasteiger partial charge is 0.508 e. The van der Waals surface area contributed by atoms with Crippen LogP contribution in [0.4, 0.5) is 4.79 Å². The van der Waals surface area contributed by atoms with Crippen LogP contribution in [-0.2, 0) is 52.3 Å². The highest BCUT2D eigenvalue weighted by atomic mass is 33.1. The van der Waals surface area contributed by atoms with Gasteiger partial charge in [-0.05, 0) is 68.3 Å². The summed E-state index contributed by atoms with van der Waals surface area (Å²) >= 11 is 0. The summed E-state index contributed by atoms with van der Waals surface area (Å²) in [6.07, 6.45) is 12.8. The molecule has 9 unspecified atom stereocenters. The number of rotatable bonds is 24. The molecule has 0 amide bonds. The number of hydrogen-bond acceptors (Lipinski definition) is 14. The maximum atomic E-state index is 12.8. The van der Waals surface area contributed by atoms with E-state index in [0.29, 0.717) is 58.2 Å². The van der Waals surface area contributed by atoms with E-state index in [4.69, 9.17) is 37.9 Å². The smallest absolute Gasteiger partial charge is 0.463 e. The van der Waals surface area contributed by atoms with Crippen LogP contribution in [0.3, 0.4) is 0 Å². The van der Waals surface area contributed by atoms with Crippen molar-refractivity contribution in [3.8, 4) is 0 Å². The lowest BCUT2D eigenvalue weighted by Gasteiger charge is -2.43. The Labute approximate surface area is 335 Å². The lowest BCUT2D eigenvalue weighted by atomic mass is 9.65. The number of unbranched alkanes of at least 4 members (excludes halogenated alkanes) is 1. The monoisotopic (exact) mass is 812 g/mol. The molecule has 12 nitrogen and oxygen atoms in total. The molecule has 312 valence electrons. The Morgan fingerprint density at radius 2 is 1.60 bits per heavy atom. The maximum Gasteiger partial charge on any atom is 0.508 e. The average molecular weight is 813 g/mol. The van der Waals surface area contributed by atoms with E-state index in [-0.39, 0.29) is 74.1 Å². The highest BCUT2D eigenvalue weighted by Crippen LogP contribution is 2.45. The van der Waals surface area contributed by atoms with E-state index in [1.807, 2.05) is 35.4 Å². The van der Waals surface area contributed by atoms with Crippen molar-refractivity contribution in [3.63, 3.8) is 0 Å². The summed E-state index contributed by atoms with van der Waals surface area (Å²) in [7, 11) is 3.91. The summed E-state index contributed by atoms with van der Waals surface area (Å²) in [5.74, 6) is 1.26. The van der Waals surface area contributed by atoms with E-state index in [1.54, 1.807) is 0 Å². The predicted molar refractivity (Wildman–Crippen MR) is 211 cm³/mol. The van der Waals surface area contributed by atoms with Crippen molar-refractivity contribution in [1.29, 1.82) is 0 Å². The van der Waals surface area contributed by atoms with Crippen LogP contribution in [0.15, 0.2) is 23.8 Å². The van der Waals surface area contributed by atoms with Gasteiger partial charge >= 0.3 is 24.1 Å². The molecule has 14 heteroatoms.